The Labute approximate surface area is 134 Å². The largest absolute Gasteiger partial charge is 0.481 e. The van der Waals surface area contributed by atoms with Crippen molar-refractivity contribution in [2.75, 3.05) is 5.32 Å². The highest BCUT2D eigenvalue weighted by Crippen LogP contribution is 2.18. The number of amides is 1. The second-order valence-electron chi connectivity index (χ2n) is 5.12. The number of ether oxygens (including phenoxy) is 1. The number of non-ortho nitro benzene ring substituents is 1. The summed E-state index contributed by atoms with van der Waals surface area (Å²) < 4.78 is 5.72. The fourth-order valence-electron chi connectivity index (χ4n) is 2.06. The zero-order valence-corrected chi connectivity index (χ0v) is 13.0. The number of nitrogens with one attached hydrogen (secondary N) is 1. The van der Waals surface area contributed by atoms with Gasteiger partial charge in [0.25, 0.3) is 11.6 Å². The smallest absolute Gasteiger partial charge is 0.269 e. The Hall–Kier alpha value is -2.89. The summed E-state index contributed by atoms with van der Waals surface area (Å²) in [5.41, 5.74) is 1.52. The number of aryl methyl sites for hydroxylation is 1. The Kier molecular flexibility index (Phi) is 5.30. The molecule has 0 heterocycles. The maximum atomic E-state index is 12.3. The number of rotatable bonds is 6. The summed E-state index contributed by atoms with van der Waals surface area (Å²) in [6.07, 6.45) is -0.126. The monoisotopic (exact) mass is 314 g/mol. The Morgan fingerprint density at radius 2 is 1.96 bits per heavy atom. The Morgan fingerprint density at radius 3 is 2.52 bits per heavy atom. The van der Waals surface area contributed by atoms with Gasteiger partial charge in [-0.3, -0.25) is 14.9 Å². The van der Waals surface area contributed by atoms with E-state index >= 15 is 0 Å². The second-order valence-corrected chi connectivity index (χ2v) is 5.12. The minimum atomic E-state index is -0.632. The van der Waals surface area contributed by atoms with Crippen LogP contribution in [0.4, 0.5) is 11.4 Å². The maximum absolute atomic E-state index is 12.3. The first-order valence-electron chi connectivity index (χ1n) is 7.28. The third-order valence-electron chi connectivity index (χ3n) is 3.28. The minimum Gasteiger partial charge on any atom is -0.481 e. The van der Waals surface area contributed by atoms with Gasteiger partial charge in [0, 0.05) is 17.8 Å². The predicted molar refractivity (Wildman–Crippen MR) is 87.6 cm³/mol. The van der Waals surface area contributed by atoms with Crippen LogP contribution in [-0.2, 0) is 4.79 Å². The van der Waals surface area contributed by atoms with Gasteiger partial charge in [-0.25, -0.2) is 0 Å². The second kappa shape index (κ2) is 7.40. The van der Waals surface area contributed by atoms with E-state index in [-0.39, 0.29) is 11.6 Å². The highest BCUT2D eigenvalue weighted by Gasteiger charge is 2.19. The number of nitrogens with zero attached hydrogens (tertiary/aromatic N) is 1. The molecule has 6 heteroatoms. The molecule has 0 saturated heterocycles. The number of benzene rings is 2. The molecule has 0 aromatic heterocycles. The zero-order valence-electron chi connectivity index (χ0n) is 13.0. The van der Waals surface area contributed by atoms with E-state index in [1.807, 2.05) is 32.0 Å². The summed E-state index contributed by atoms with van der Waals surface area (Å²) in [4.78, 5) is 22.4. The molecule has 23 heavy (non-hydrogen) atoms. The van der Waals surface area contributed by atoms with Gasteiger partial charge in [-0.05, 0) is 43.2 Å². The molecule has 2 rings (SSSR count). The van der Waals surface area contributed by atoms with Crippen molar-refractivity contribution < 1.29 is 14.5 Å². The lowest BCUT2D eigenvalue weighted by Gasteiger charge is -2.17. The molecule has 6 nitrogen and oxygen atoms in total. The van der Waals surface area contributed by atoms with Crippen LogP contribution in [-0.4, -0.2) is 16.9 Å². The number of carbonyl (C=O) groups excluding carboxylic acids is 1. The Balaban J connectivity index is 2.03. The van der Waals surface area contributed by atoms with Crippen molar-refractivity contribution in [2.24, 2.45) is 0 Å². The van der Waals surface area contributed by atoms with Crippen LogP contribution in [0.5, 0.6) is 5.75 Å². The van der Waals surface area contributed by atoms with Gasteiger partial charge < -0.3 is 10.1 Å². The first-order valence-corrected chi connectivity index (χ1v) is 7.28. The van der Waals surface area contributed by atoms with Gasteiger partial charge >= 0.3 is 0 Å². The molecule has 0 fully saturated rings. The molecule has 0 radical (unpaired) electrons. The Morgan fingerprint density at radius 1 is 1.26 bits per heavy atom. The molecule has 1 amide bonds. The normalized spacial score (nSPS) is 11.6. The molecule has 0 bridgehead atoms. The molecule has 0 aliphatic carbocycles. The molecule has 1 unspecified atom stereocenters. The SMILES string of the molecule is CCC(Oc1cccc(C)c1)C(=O)Nc1ccc([N+](=O)[O-])cc1. The first kappa shape index (κ1) is 16.5. The number of carbonyl (C=O) groups is 1. The fraction of sp³-hybridized carbons (Fsp3) is 0.235. The van der Waals surface area contributed by atoms with Crippen LogP contribution in [0.25, 0.3) is 0 Å². The van der Waals surface area contributed by atoms with Gasteiger partial charge in [0.2, 0.25) is 0 Å². The lowest BCUT2D eigenvalue weighted by atomic mass is 10.2. The van der Waals surface area contributed by atoms with E-state index in [9.17, 15) is 14.9 Å². The fourth-order valence-corrected chi connectivity index (χ4v) is 2.06. The molecular formula is C17H18N2O4. The topological polar surface area (TPSA) is 81.5 Å². The summed E-state index contributed by atoms with van der Waals surface area (Å²) >= 11 is 0. The quantitative estimate of drug-likeness (QED) is 0.651. The molecule has 0 aliphatic heterocycles. The van der Waals surface area contributed by atoms with Crippen LogP contribution >= 0.6 is 0 Å². The molecule has 0 saturated carbocycles. The lowest BCUT2D eigenvalue weighted by molar-refractivity contribution is -0.384. The third-order valence-corrected chi connectivity index (χ3v) is 3.28. The third kappa shape index (κ3) is 4.54. The summed E-state index contributed by atoms with van der Waals surface area (Å²) in [5.74, 6) is 0.346. The number of nitro groups is 1. The van der Waals surface area contributed by atoms with E-state index in [4.69, 9.17) is 4.74 Å². The zero-order chi connectivity index (χ0) is 16.8. The van der Waals surface area contributed by atoms with E-state index < -0.39 is 11.0 Å². The molecule has 2 aromatic carbocycles. The number of anilines is 1. The molecule has 0 aliphatic rings. The van der Waals surface area contributed by atoms with Crippen molar-refractivity contribution in [3.63, 3.8) is 0 Å². The van der Waals surface area contributed by atoms with Crippen LogP contribution in [0.3, 0.4) is 0 Å². The number of nitro benzene ring substituents is 1. The molecule has 1 atom stereocenters. The van der Waals surface area contributed by atoms with Gasteiger partial charge in [0.05, 0.1) is 4.92 Å². The molecule has 1 N–H and O–H groups in total. The van der Waals surface area contributed by atoms with Crippen molar-refractivity contribution in [1.82, 2.24) is 0 Å². The van der Waals surface area contributed by atoms with E-state index in [0.29, 0.717) is 17.9 Å². The van der Waals surface area contributed by atoms with Gasteiger partial charge in [-0.15, -0.1) is 0 Å². The van der Waals surface area contributed by atoms with E-state index in [1.165, 1.54) is 24.3 Å². The van der Waals surface area contributed by atoms with E-state index in [0.717, 1.165) is 5.56 Å². The van der Waals surface area contributed by atoms with Gasteiger partial charge in [0.1, 0.15) is 5.75 Å². The van der Waals surface area contributed by atoms with Crippen molar-refractivity contribution in [3.05, 3.63) is 64.2 Å². The van der Waals surface area contributed by atoms with Crippen LogP contribution < -0.4 is 10.1 Å². The molecule has 0 spiro atoms. The summed E-state index contributed by atoms with van der Waals surface area (Å²) in [7, 11) is 0. The van der Waals surface area contributed by atoms with E-state index in [2.05, 4.69) is 5.32 Å². The maximum Gasteiger partial charge on any atom is 0.269 e. The lowest BCUT2D eigenvalue weighted by Crippen LogP contribution is -2.32. The Bertz CT molecular complexity index is 698. The summed E-state index contributed by atoms with van der Waals surface area (Å²) in [5, 5.41) is 13.3. The van der Waals surface area contributed by atoms with Crippen molar-refractivity contribution in [2.45, 2.75) is 26.4 Å². The van der Waals surface area contributed by atoms with Crippen LogP contribution in [0.15, 0.2) is 48.5 Å². The van der Waals surface area contributed by atoms with Gasteiger partial charge in [-0.1, -0.05) is 19.1 Å². The summed E-state index contributed by atoms with van der Waals surface area (Å²) in [6.45, 7) is 3.81. The van der Waals surface area contributed by atoms with Gasteiger partial charge in [0.15, 0.2) is 6.10 Å². The van der Waals surface area contributed by atoms with Crippen LogP contribution in [0, 0.1) is 17.0 Å². The first-order chi connectivity index (χ1) is 11.0. The van der Waals surface area contributed by atoms with Crippen molar-refractivity contribution in [1.29, 1.82) is 0 Å². The molecule has 2 aromatic rings. The van der Waals surface area contributed by atoms with E-state index in [1.54, 1.807) is 6.07 Å². The highest BCUT2D eigenvalue weighted by molar-refractivity contribution is 5.94. The summed E-state index contributed by atoms with van der Waals surface area (Å²) in [6, 6.07) is 13.2. The molecular weight excluding hydrogens is 296 g/mol. The highest BCUT2D eigenvalue weighted by atomic mass is 16.6. The van der Waals surface area contributed by atoms with Crippen molar-refractivity contribution >= 4 is 17.3 Å². The standard InChI is InChI=1S/C17H18N2O4/c1-3-16(23-15-6-4-5-12(2)11-15)17(20)18-13-7-9-14(10-8-13)19(21)22/h4-11,16H,3H2,1-2H3,(H,18,20). The average molecular weight is 314 g/mol. The number of hydrogen-bond donors (Lipinski definition) is 1. The molecule has 120 valence electrons. The van der Waals surface area contributed by atoms with Gasteiger partial charge in [-0.2, -0.15) is 0 Å². The van der Waals surface area contributed by atoms with Crippen molar-refractivity contribution in [3.8, 4) is 5.75 Å². The minimum absolute atomic E-state index is 0.0222. The van der Waals surface area contributed by atoms with Crippen LogP contribution in [0.2, 0.25) is 0 Å². The average Bonchev–Trinajstić information content (AvgIpc) is 2.53. The predicted octanol–water partition coefficient (Wildman–Crippen LogP) is 3.70. The number of hydrogen-bond acceptors (Lipinski definition) is 4. The van der Waals surface area contributed by atoms with Crippen LogP contribution in [0.1, 0.15) is 18.9 Å².